The summed E-state index contributed by atoms with van der Waals surface area (Å²) >= 11 is 0. The largest absolute Gasteiger partial charge is 0.368 e. The Labute approximate surface area is 140 Å². The van der Waals surface area contributed by atoms with E-state index in [0.717, 1.165) is 28.1 Å². The summed E-state index contributed by atoms with van der Waals surface area (Å²) < 4.78 is 0. The maximum Gasteiger partial charge on any atom is 0.216 e. The Hall–Kier alpha value is -3.15. The number of aromatic nitrogens is 3. The van der Waals surface area contributed by atoms with E-state index in [-0.39, 0.29) is 5.91 Å². The number of aromatic amines is 1. The highest BCUT2D eigenvalue weighted by Crippen LogP contribution is 2.25. The minimum atomic E-state index is -0.0507. The van der Waals surface area contributed by atoms with Crippen LogP contribution in [-0.4, -0.2) is 33.9 Å². The zero-order valence-electron chi connectivity index (χ0n) is 13.5. The predicted molar refractivity (Wildman–Crippen MR) is 96.6 cm³/mol. The van der Waals surface area contributed by atoms with E-state index in [0.29, 0.717) is 18.9 Å². The van der Waals surface area contributed by atoms with Crippen LogP contribution < -0.4 is 10.6 Å². The average molecular weight is 321 g/mol. The van der Waals surface area contributed by atoms with Gasteiger partial charge in [0.2, 0.25) is 5.91 Å². The molecule has 3 rings (SSSR count). The van der Waals surface area contributed by atoms with Gasteiger partial charge < -0.3 is 15.6 Å². The number of rotatable bonds is 6. The highest BCUT2D eigenvalue weighted by atomic mass is 16.1. The second-order valence-electron chi connectivity index (χ2n) is 5.36. The van der Waals surface area contributed by atoms with Crippen molar-refractivity contribution >= 4 is 28.8 Å². The summed E-state index contributed by atoms with van der Waals surface area (Å²) in [5.41, 5.74) is 2.58. The van der Waals surface area contributed by atoms with E-state index in [2.05, 4.69) is 32.2 Å². The van der Waals surface area contributed by atoms with Gasteiger partial charge in [-0.1, -0.05) is 36.9 Å². The molecule has 0 radical (unpaired) electrons. The highest BCUT2D eigenvalue weighted by Gasteiger charge is 2.11. The van der Waals surface area contributed by atoms with Crippen molar-refractivity contribution < 1.29 is 4.79 Å². The SMILES string of the molecule is C=Cc1cc2c(NCCNC(C)=O)nc(-c3ccccc3)nc2[nH]1. The van der Waals surface area contributed by atoms with Crippen LogP contribution in [0.2, 0.25) is 0 Å². The van der Waals surface area contributed by atoms with E-state index in [9.17, 15) is 4.79 Å². The molecule has 0 aliphatic carbocycles. The smallest absolute Gasteiger partial charge is 0.216 e. The molecule has 1 amide bonds. The van der Waals surface area contributed by atoms with Crippen LogP contribution in [0.3, 0.4) is 0 Å². The standard InChI is InChI=1S/C18H19N5O/c1-3-14-11-15-17(20-10-9-19-12(2)24)22-16(23-18(15)21-14)13-7-5-4-6-8-13/h3-8,11H,1,9-10H2,2H3,(H,19,24)(H2,20,21,22,23). The van der Waals surface area contributed by atoms with E-state index in [1.807, 2.05) is 36.4 Å². The normalized spacial score (nSPS) is 10.5. The first-order valence-corrected chi connectivity index (χ1v) is 7.74. The summed E-state index contributed by atoms with van der Waals surface area (Å²) in [5.74, 6) is 1.32. The second-order valence-corrected chi connectivity index (χ2v) is 5.36. The number of nitrogens with zero attached hydrogens (tertiary/aromatic N) is 2. The number of carbonyl (C=O) groups excluding carboxylic acids is 1. The Kier molecular flexibility index (Phi) is 4.56. The topological polar surface area (TPSA) is 82.7 Å². The lowest BCUT2D eigenvalue weighted by atomic mass is 10.2. The molecule has 1 aromatic carbocycles. The minimum absolute atomic E-state index is 0.0507. The molecule has 0 saturated heterocycles. The molecule has 24 heavy (non-hydrogen) atoms. The Balaban J connectivity index is 1.96. The third kappa shape index (κ3) is 3.43. The number of fused-ring (bicyclic) bond motifs is 1. The van der Waals surface area contributed by atoms with Gasteiger partial charge in [0.1, 0.15) is 11.5 Å². The zero-order chi connectivity index (χ0) is 16.9. The third-order valence-corrected chi connectivity index (χ3v) is 3.55. The van der Waals surface area contributed by atoms with Crippen molar-refractivity contribution in [2.24, 2.45) is 0 Å². The number of anilines is 1. The van der Waals surface area contributed by atoms with Crippen molar-refractivity contribution in [3.05, 3.63) is 48.7 Å². The summed E-state index contributed by atoms with van der Waals surface area (Å²) in [4.78, 5) is 23.4. The minimum Gasteiger partial charge on any atom is -0.368 e. The summed E-state index contributed by atoms with van der Waals surface area (Å²) in [7, 11) is 0. The fourth-order valence-corrected chi connectivity index (χ4v) is 2.41. The second kappa shape index (κ2) is 6.95. The monoisotopic (exact) mass is 321 g/mol. The fraction of sp³-hybridized carbons (Fsp3) is 0.167. The Morgan fingerprint density at radius 2 is 2.04 bits per heavy atom. The van der Waals surface area contributed by atoms with E-state index in [1.54, 1.807) is 6.08 Å². The van der Waals surface area contributed by atoms with Crippen LogP contribution in [0.5, 0.6) is 0 Å². The van der Waals surface area contributed by atoms with Crippen molar-refractivity contribution in [1.29, 1.82) is 0 Å². The molecule has 6 heteroatoms. The third-order valence-electron chi connectivity index (χ3n) is 3.55. The van der Waals surface area contributed by atoms with Gasteiger partial charge in [-0.25, -0.2) is 9.97 Å². The first-order chi connectivity index (χ1) is 11.7. The van der Waals surface area contributed by atoms with Crippen LogP contribution in [0.4, 0.5) is 5.82 Å². The van der Waals surface area contributed by atoms with Crippen LogP contribution in [0.25, 0.3) is 28.5 Å². The van der Waals surface area contributed by atoms with Gasteiger partial charge in [-0.3, -0.25) is 4.79 Å². The lowest BCUT2D eigenvalue weighted by Gasteiger charge is -2.09. The molecule has 2 aromatic heterocycles. The van der Waals surface area contributed by atoms with Crippen molar-refractivity contribution in [3.63, 3.8) is 0 Å². The Bertz CT molecular complexity index is 870. The lowest BCUT2D eigenvalue weighted by Crippen LogP contribution is -2.26. The molecule has 0 unspecified atom stereocenters. The average Bonchev–Trinajstić information content (AvgIpc) is 3.02. The summed E-state index contributed by atoms with van der Waals surface area (Å²) in [6.45, 7) is 6.39. The molecule has 0 aliphatic rings. The number of benzene rings is 1. The molecule has 0 spiro atoms. The lowest BCUT2D eigenvalue weighted by molar-refractivity contribution is -0.118. The molecule has 0 fully saturated rings. The summed E-state index contributed by atoms with van der Waals surface area (Å²) in [6, 6.07) is 11.8. The fourth-order valence-electron chi connectivity index (χ4n) is 2.41. The van der Waals surface area contributed by atoms with Gasteiger partial charge in [0.25, 0.3) is 0 Å². The molecule has 0 atom stereocenters. The number of H-pyrrole nitrogens is 1. The summed E-state index contributed by atoms with van der Waals surface area (Å²) in [6.07, 6.45) is 1.74. The molecule has 3 aromatic rings. The number of amides is 1. The van der Waals surface area contributed by atoms with Crippen LogP contribution >= 0.6 is 0 Å². The molecule has 3 N–H and O–H groups in total. The first-order valence-electron chi connectivity index (χ1n) is 7.74. The number of hydrogen-bond acceptors (Lipinski definition) is 4. The quantitative estimate of drug-likeness (QED) is 0.610. The number of hydrogen-bond donors (Lipinski definition) is 3. The Morgan fingerprint density at radius 3 is 2.75 bits per heavy atom. The molecule has 0 aliphatic heterocycles. The van der Waals surface area contributed by atoms with Gasteiger partial charge >= 0.3 is 0 Å². The van der Waals surface area contributed by atoms with Crippen LogP contribution in [0.15, 0.2) is 43.0 Å². The van der Waals surface area contributed by atoms with E-state index < -0.39 is 0 Å². The maximum absolute atomic E-state index is 11.0. The van der Waals surface area contributed by atoms with Gasteiger partial charge in [0.05, 0.1) is 5.39 Å². The zero-order valence-corrected chi connectivity index (χ0v) is 13.5. The van der Waals surface area contributed by atoms with Gasteiger partial charge in [-0.05, 0) is 12.1 Å². The van der Waals surface area contributed by atoms with E-state index in [4.69, 9.17) is 0 Å². The molecular weight excluding hydrogens is 302 g/mol. The van der Waals surface area contributed by atoms with Gasteiger partial charge in [-0.15, -0.1) is 0 Å². The van der Waals surface area contributed by atoms with Gasteiger partial charge in [-0.2, -0.15) is 0 Å². The van der Waals surface area contributed by atoms with Crippen molar-refractivity contribution in [2.45, 2.75) is 6.92 Å². The van der Waals surface area contributed by atoms with Crippen LogP contribution in [-0.2, 0) is 4.79 Å². The molecule has 6 nitrogen and oxygen atoms in total. The molecule has 0 bridgehead atoms. The number of carbonyl (C=O) groups is 1. The molecular formula is C18H19N5O. The highest BCUT2D eigenvalue weighted by molar-refractivity contribution is 5.90. The molecule has 122 valence electrons. The van der Waals surface area contributed by atoms with Gasteiger partial charge in [0, 0.05) is 31.3 Å². The maximum atomic E-state index is 11.0. The van der Waals surface area contributed by atoms with E-state index in [1.165, 1.54) is 6.92 Å². The Morgan fingerprint density at radius 1 is 1.25 bits per heavy atom. The van der Waals surface area contributed by atoms with Crippen molar-refractivity contribution in [2.75, 3.05) is 18.4 Å². The van der Waals surface area contributed by atoms with Crippen LogP contribution in [0, 0.1) is 0 Å². The predicted octanol–water partition coefficient (Wildman–Crippen LogP) is 2.82. The van der Waals surface area contributed by atoms with Crippen molar-refractivity contribution in [1.82, 2.24) is 20.3 Å². The van der Waals surface area contributed by atoms with Crippen LogP contribution in [0.1, 0.15) is 12.6 Å². The summed E-state index contributed by atoms with van der Waals surface area (Å²) in [5, 5.41) is 6.92. The number of nitrogens with one attached hydrogen (secondary N) is 3. The molecule has 2 heterocycles. The van der Waals surface area contributed by atoms with Crippen molar-refractivity contribution in [3.8, 4) is 11.4 Å². The van der Waals surface area contributed by atoms with E-state index >= 15 is 0 Å². The van der Waals surface area contributed by atoms with Gasteiger partial charge in [0.15, 0.2) is 5.82 Å². The first kappa shape index (κ1) is 15.7. The molecule has 0 saturated carbocycles.